The Kier molecular flexibility index (Phi) is 5.91. The molecule has 1 heterocycles. The standard InChI is InChI=1S/C24H28ClN3O/c1-16-8-6-7-11-20(16)23-15-21(24(29)26-19-9-4-3-5-10-19)27-28(23)22-13-12-18(25)14-17(22)2/h6-8,11-14,19,23H,3-5,9-10,15H2,1-2H3,(H,26,29). The number of hydrazone groups is 1. The van der Waals surface area contributed by atoms with Gasteiger partial charge in [0.15, 0.2) is 0 Å². The SMILES string of the molecule is Cc1ccccc1C1CC(C(=O)NC2CCCCC2)=NN1c1ccc(Cl)cc1C. The van der Waals surface area contributed by atoms with Crippen molar-refractivity contribution in [3.63, 3.8) is 0 Å². The number of amides is 1. The van der Waals surface area contributed by atoms with Crippen LogP contribution in [0.3, 0.4) is 0 Å². The van der Waals surface area contributed by atoms with Gasteiger partial charge in [0.2, 0.25) is 0 Å². The molecule has 0 radical (unpaired) electrons. The summed E-state index contributed by atoms with van der Waals surface area (Å²) in [6.07, 6.45) is 6.40. The Labute approximate surface area is 177 Å². The Hall–Kier alpha value is -2.33. The summed E-state index contributed by atoms with van der Waals surface area (Å²) in [4.78, 5) is 13.0. The van der Waals surface area contributed by atoms with Crippen LogP contribution >= 0.6 is 11.6 Å². The number of hydrogen-bond acceptors (Lipinski definition) is 3. The lowest BCUT2D eigenvalue weighted by molar-refractivity contribution is -0.115. The Morgan fingerprint density at radius 1 is 1.07 bits per heavy atom. The van der Waals surface area contributed by atoms with Gasteiger partial charge in [-0.05, 0) is 61.6 Å². The number of nitrogens with one attached hydrogen (secondary N) is 1. The molecule has 1 saturated carbocycles. The zero-order chi connectivity index (χ0) is 20.4. The van der Waals surface area contributed by atoms with Crippen LogP contribution in [0.25, 0.3) is 0 Å². The summed E-state index contributed by atoms with van der Waals surface area (Å²) < 4.78 is 0. The molecule has 1 unspecified atom stereocenters. The minimum Gasteiger partial charge on any atom is -0.348 e. The van der Waals surface area contributed by atoms with Gasteiger partial charge in [0.25, 0.3) is 5.91 Å². The monoisotopic (exact) mass is 409 g/mol. The topological polar surface area (TPSA) is 44.7 Å². The first-order chi connectivity index (χ1) is 14.0. The minimum absolute atomic E-state index is 0.00295. The summed E-state index contributed by atoms with van der Waals surface area (Å²) in [5.41, 5.74) is 5.05. The van der Waals surface area contributed by atoms with Crippen molar-refractivity contribution < 1.29 is 4.79 Å². The van der Waals surface area contributed by atoms with E-state index in [-0.39, 0.29) is 18.0 Å². The fourth-order valence-electron chi connectivity index (χ4n) is 4.46. The molecule has 4 rings (SSSR count). The van der Waals surface area contributed by atoms with Gasteiger partial charge in [-0.15, -0.1) is 0 Å². The molecule has 1 amide bonds. The highest BCUT2D eigenvalue weighted by molar-refractivity contribution is 6.39. The van der Waals surface area contributed by atoms with Gasteiger partial charge in [0.05, 0.1) is 11.7 Å². The molecule has 1 atom stereocenters. The number of rotatable bonds is 4. The van der Waals surface area contributed by atoms with Crippen LogP contribution in [0.1, 0.15) is 61.3 Å². The molecule has 1 aliphatic carbocycles. The van der Waals surface area contributed by atoms with Gasteiger partial charge in [0.1, 0.15) is 5.71 Å². The molecule has 5 heteroatoms. The molecule has 1 aliphatic heterocycles. The van der Waals surface area contributed by atoms with Crippen molar-refractivity contribution in [2.24, 2.45) is 5.10 Å². The van der Waals surface area contributed by atoms with Crippen molar-refractivity contribution in [3.05, 3.63) is 64.2 Å². The van der Waals surface area contributed by atoms with Crippen LogP contribution in [0.4, 0.5) is 5.69 Å². The van der Waals surface area contributed by atoms with Gasteiger partial charge < -0.3 is 5.32 Å². The largest absolute Gasteiger partial charge is 0.348 e. The average Bonchev–Trinajstić information content (AvgIpc) is 3.14. The lowest BCUT2D eigenvalue weighted by Gasteiger charge is -2.26. The van der Waals surface area contributed by atoms with Crippen LogP contribution in [-0.2, 0) is 4.79 Å². The van der Waals surface area contributed by atoms with Gasteiger partial charge in [-0.1, -0.05) is 55.1 Å². The third-order valence-corrected chi connectivity index (χ3v) is 6.30. The molecule has 2 aromatic rings. The van der Waals surface area contributed by atoms with Crippen molar-refractivity contribution in [1.82, 2.24) is 5.32 Å². The molecule has 1 fully saturated rings. The lowest BCUT2D eigenvalue weighted by atomic mass is 9.94. The van der Waals surface area contributed by atoms with Crippen molar-refractivity contribution in [1.29, 1.82) is 0 Å². The second-order valence-electron chi connectivity index (χ2n) is 8.21. The summed E-state index contributed by atoms with van der Waals surface area (Å²) in [6.45, 7) is 4.15. The van der Waals surface area contributed by atoms with Gasteiger partial charge in [-0.25, -0.2) is 0 Å². The maximum absolute atomic E-state index is 13.0. The fraction of sp³-hybridized carbons (Fsp3) is 0.417. The fourth-order valence-corrected chi connectivity index (χ4v) is 4.69. The number of anilines is 1. The highest BCUT2D eigenvalue weighted by Gasteiger charge is 2.34. The van der Waals surface area contributed by atoms with E-state index in [1.54, 1.807) is 0 Å². The molecule has 4 nitrogen and oxygen atoms in total. The first-order valence-corrected chi connectivity index (χ1v) is 10.9. The van der Waals surface area contributed by atoms with Crippen LogP contribution in [0.5, 0.6) is 0 Å². The summed E-state index contributed by atoms with van der Waals surface area (Å²) in [6, 6.07) is 14.5. The van der Waals surface area contributed by atoms with Gasteiger partial charge in [0, 0.05) is 17.5 Å². The zero-order valence-electron chi connectivity index (χ0n) is 17.1. The summed E-state index contributed by atoms with van der Waals surface area (Å²) in [5.74, 6) is -0.0235. The Balaban J connectivity index is 1.65. The maximum Gasteiger partial charge on any atom is 0.267 e. The highest BCUT2D eigenvalue weighted by Crippen LogP contribution is 2.38. The van der Waals surface area contributed by atoms with E-state index in [0.717, 1.165) is 24.1 Å². The van der Waals surface area contributed by atoms with Gasteiger partial charge in [-0.3, -0.25) is 9.80 Å². The molecule has 0 saturated heterocycles. The Morgan fingerprint density at radius 2 is 1.83 bits per heavy atom. The van der Waals surface area contributed by atoms with Crippen molar-refractivity contribution in [3.8, 4) is 0 Å². The van der Waals surface area contributed by atoms with Crippen LogP contribution in [0.2, 0.25) is 5.02 Å². The van der Waals surface area contributed by atoms with E-state index >= 15 is 0 Å². The number of halogens is 1. The number of aryl methyl sites for hydroxylation is 2. The highest BCUT2D eigenvalue weighted by atomic mass is 35.5. The molecule has 0 aromatic heterocycles. The van der Waals surface area contributed by atoms with E-state index < -0.39 is 0 Å². The van der Waals surface area contributed by atoms with E-state index in [0.29, 0.717) is 17.2 Å². The quantitative estimate of drug-likeness (QED) is 0.702. The molecule has 1 N–H and O–H groups in total. The third-order valence-electron chi connectivity index (χ3n) is 6.07. The van der Waals surface area contributed by atoms with Crippen LogP contribution in [-0.4, -0.2) is 17.7 Å². The van der Waals surface area contributed by atoms with Crippen molar-refractivity contribution in [2.45, 2.75) is 64.5 Å². The minimum atomic E-state index is -0.0235. The second-order valence-corrected chi connectivity index (χ2v) is 8.64. The number of benzene rings is 2. The van der Waals surface area contributed by atoms with E-state index in [1.165, 1.54) is 30.4 Å². The Bertz CT molecular complexity index is 933. The molecular formula is C24H28ClN3O. The zero-order valence-corrected chi connectivity index (χ0v) is 17.9. The van der Waals surface area contributed by atoms with Crippen LogP contribution in [0, 0.1) is 13.8 Å². The molecule has 2 aromatic carbocycles. The second kappa shape index (κ2) is 8.58. The van der Waals surface area contributed by atoms with Gasteiger partial charge >= 0.3 is 0 Å². The van der Waals surface area contributed by atoms with E-state index in [2.05, 4.69) is 30.4 Å². The molecular weight excluding hydrogens is 382 g/mol. The molecule has 152 valence electrons. The average molecular weight is 410 g/mol. The molecule has 0 spiro atoms. The number of hydrogen-bond donors (Lipinski definition) is 1. The van der Waals surface area contributed by atoms with E-state index in [1.807, 2.05) is 36.2 Å². The molecule has 0 bridgehead atoms. The van der Waals surface area contributed by atoms with E-state index in [9.17, 15) is 4.79 Å². The maximum atomic E-state index is 13.0. The van der Waals surface area contributed by atoms with Gasteiger partial charge in [-0.2, -0.15) is 5.10 Å². The summed E-state index contributed by atoms with van der Waals surface area (Å²) >= 11 is 6.17. The number of nitrogens with zero attached hydrogens (tertiary/aromatic N) is 2. The summed E-state index contributed by atoms with van der Waals surface area (Å²) in [5, 5.41) is 10.7. The predicted molar refractivity (Wildman–Crippen MR) is 120 cm³/mol. The summed E-state index contributed by atoms with van der Waals surface area (Å²) in [7, 11) is 0. The third kappa shape index (κ3) is 4.32. The number of carbonyl (C=O) groups is 1. The molecule has 2 aliphatic rings. The lowest BCUT2D eigenvalue weighted by Crippen LogP contribution is -2.39. The number of carbonyl (C=O) groups excluding carboxylic acids is 1. The first-order valence-electron chi connectivity index (χ1n) is 10.5. The van der Waals surface area contributed by atoms with E-state index in [4.69, 9.17) is 16.7 Å². The van der Waals surface area contributed by atoms with Crippen LogP contribution < -0.4 is 10.3 Å². The predicted octanol–water partition coefficient (Wildman–Crippen LogP) is 5.71. The van der Waals surface area contributed by atoms with Crippen LogP contribution in [0.15, 0.2) is 47.6 Å². The molecule has 29 heavy (non-hydrogen) atoms. The van der Waals surface area contributed by atoms with Crippen molar-refractivity contribution in [2.75, 3.05) is 5.01 Å². The smallest absolute Gasteiger partial charge is 0.267 e. The normalized spacial score (nSPS) is 19.9. The first kappa shape index (κ1) is 20.0. The van der Waals surface area contributed by atoms with Crippen molar-refractivity contribution >= 4 is 28.9 Å². The Morgan fingerprint density at radius 3 is 2.55 bits per heavy atom.